The zero-order chi connectivity index (χ0) is 14.0. The second kappa shape index (κ2) is 4.96. The number of rotatable bonds is 3. The van der Waals surface area contributed by atoms with E-state index in [2.05, 4.69) is 10.3 Å². The van der Waals surface area contributed by atoms with Crippen LogP contribution >= 0.6 is 0 Å². The zero-order valence-electron chi connectivity index (χ0n) is 9.65. The maximum absolute atomic E-state index is 13.6. The van der Waals surface area contributed by atoms with Crippen molar-refractivity contribution in [2.24, 2.45) is 5.73 Å². The van der Waals surface area contributed by atoms with Crippen molar-refractivity contribution in [3.8, 4) is 5.69 Å². The number of aromatic nitrogens is 3. The molecule has 0 aliphatic rings. The maximum Gasteiger partial charge on any atom is 0.416 e. The molecule has 0 unspecified atom stereocenters. The van der Waals surface area contributed by atoms with Gasteiger partial charge in [-0.1, -0.05) is 5.21 Å². The van der Waals surface area contributed by atoms with Gasteiger partial charge in [0, 0.05) is 6.42 Å². The predicted molar refractivity (Wildman–Crippen MR) is 59.1 cm³/mol. The number of hydrogen-bond acceptors (Lipinski definition) is 3. The Hall–Kier alpha value is -1.96. The summed E-state index contributed by atoms with van der Waals surface area (Å²) in [7, 11) is 0. The van der Waals surface area contributed by atoms with E-state index in [9.17, 15) is 17.6 Å². The molecule has 2 aromatic rings. The van der Waals surface area contributed by atoms with Crippen molar-refractivity contribution in [3.05, 3.63) is 41.5 Å². The minimum atomic E-state index is -4.54. The first kappa shape index (κ1) is 13.5. The zero-order valence-corrected chi connectivity index (χ0v) is 9.65. The second-order valence-corrected chi connectivity index (χ2v) is 3.86. The summed E-state index contributed by atoms with van der Waals surface area (Å²) in [5.74, 6) is -0.808. The van der Waals surface area contributed by atoms with E-state index in [-0.39, 0.29) is 5.69 Å². The molecule has 0 radical (unpaired) electrons. The average Bonchev–Trinajstić information content (AvgIpc) is 2.77. The predicted octanol–water partition coefficient (Wildman–Crippen LogP) is 1.93. The highest BCUT2D eigenvalue weighted by atomic mass is 19.4. The van der Waals surface area contributed by atoms with Crippen LogP contribution in [0.2, 0.25) is 0 Å². The second-order valence-electron chi connectivity index (χ2n) is 3.86. The largest absolute Gasteiger partial charge is 0.416 e. The van der Waals surface area contributed by atoms with Crippen LogP contribution in [0, 0.1) is 5.82 Å². The van der Waals surface area contributed by atoms with Crippen LogP contribution < -0.4 is 5.73 Å². The Morgan fingerprint density at radius 3 is 2.63 bits per heavy atom. The minimum Gasteiger partial charge on any atom is -0.330 e. The molecule has 8 heteroatoms. The molecule has 1 aromatic heterocycles. The van der Waals surface area contributed by atoms with Crippen molar-refractivity contribution >= 4 is 0 Å². The van der Waals surface area contributed by atoms with Crippen LogP contribution in [0.4, 0.5) is 17.6 Å². The van der Waals surface area contributed by atoms with E-state index >= 15 is 0 Å². The summed E-state index contributed by atoms with van der Waals surface area (Å²) >= 11 is 0. The Kier molecular flexibility index (Phi) is 3.52. The van der Waals surface area contributed by atoms with Crippen molar-refractivity contribution in [3.63, 3.8) is 0 Å². The molecule has 2 N–H and O–H groups in total. The molecule has 0 saturated carbocycles. The van der Waals surface area contributed by atoms with Gasteiger partial charge in [0.1, 0.15) is 11.5 Å². The quantitative estimate of drug-likeness (QED) is 0.870. The van der Waals surface area contributed by atoms with Crippen molar-refractivity contribution in [2.75, 3.05) is 6.54 Å². The molecule has 0 atom stereocenters. The van der Waals surface area contributed by atoms with Gasteiger partial charge in [-0.15, -0.1) is 5.10 Å². The van der Waals surface area contributed by atoms with Gasteiger partial charge in [0.15, 0.2) is 0 Å². The third kappa shape index (κ3) is 2.90. The number of halogens is 4. The fourth-order valence-electron chi connectivity index (χ4n) is 1.54. The fraction of sp³-hybridized carbons (Fsp3) is 0.273. The normalized spacial score (nSPS) is 11.8. The summed E-state index contributed by atoms with van der Waals surface area (Å²) in [5, 5.41) is 7.29. The Labute approximate surface area is 105 Å². The lowest BCUT2D eigenvalue weighted by molar-refractivity contribution is -0.137. The van der Waals surface area contributed by atoms with Gasteiger partial charge < -0.3 is 5.73 Å². The lowest BCUT2D eigenvalue weighted by Gasteiger charge is -2.09. The summed E-state index contributed by atoms with van der Waals surface area (Å²) < 4.78 is 52.2. The molecular weight excluding hydrogens is 264 g/mol. The van der Waals surface area contributed by atoms with E-state index in [0.717, 1.165) is 10.7 Å². The highest BCUT2D eigenvalue weighted by Crippen LogP contribution is 2.31. The van der Waals surface area contributed by atoms with Gasteiger partial charge in [-0.3, -0.25) is 0 Å². The van der Waals surface area contributed by atoms with Crippen LogP contribution in [-0.2, 0) is 12.6 Å². The van der Waals surface area contributed by atoms with E-state index in [4.69, 9.17) is 5.73 Å². The van der Waals surface area contributed by atoms with E-state index in [1.807, 2.05) is 0 Å². The van der Waals surface area contributed by atoms with Gasteiger partial charge in [-0.25, -0.2) is 9.07 Å². The number of nitrogens with zero attached hydrogens (tertiary/aromatic N) is 3. The summed E-state index contributed by atoms with van der Waals surface area (Å²) in [6.07, 6.45) is -2.77. The van der Waals surface area contributed by atoms with Crippen LogP contribution in [-0.4, -0.2) is 21.5 Å². The maximum atomic E-state index is 13.6. The first-order valence-electron chi connectivity index (χ1n) is 5.40. The minimum absolute atomic E-state index is 0.300. The van der Waals surface area contributed by atoms with Gasteiger partial charge in [-0.05, 0) is 24.7 Å². The first-order valence-corrected chi connectivity index (χ1v) is 5.40. The SMILES string of the molecule is NCCc1cn(-c2cc(C(F)(F)F)ccc2F)nn1. The van der Waals surface area contributed by atoms with Crippen LogP contribution in [0.1, 0.15) is 11.3 Å². The molecule has 19 heavy (non-hydrogen) atoms. The topological polar surface area (TPSA) is 56.7 Å². The molecule has 0 saturated heterocycles. The van der Waals surface area contributed by atoms with Crippen molar-refractivity contribution in [1.82, 2.24) is 15.0 Å². The van der Waals surface area contributed by atoms with E-state index in [1.165, 1.54) is 6.20 Å². The monoisotopic (exact) mass is 274 g/mol. The number of nitrogens with two attached hydrogens (primary N) is 1. The number of hydrogen-bond donors (Lipinski definition) is 1. The van der Waals surface area contributed by atoms with Gasteiger partial charge in [0.05, 0.1) is 17.5 Å². The Bertz CT molecular complexity index is 576. The third-order valence-electron chi connectivity index (χ3n) is 2.46. The summed E-state index contributed by atoms with van der Waals surface area (Å²) in [6, 6.07) is 2.12. The van der Waals surface area contributed by atoms with Gasteiger partial charge in [-0.2, -0.15) is 13.2 Å². The van der Waals surface area contributed by atoms with E-state index in [0.29, 0.717) is 30.8 Å². The Morgan fingerprint density at radius 2 is 2.00 bits per heavy atom. The van der Waals surface area contributed by atoms with Crippen LogP contribution in [0.25, 0.3) is 5.69 Å². The molecule has 2 rings (SSSR count). The highest BCUT2D eigenvalue weighted by Gasteiger charge is 2.31. The van der Waals surface area contributed by atoms with E-state index in [1.54, 1.807) is 0 Å². The molecule has 0 bridgehead atoms. The number of benzene rings is 1. The summed E-state index contributed by atoms with van der Waals surface area (Å²) in [5.41, 5.74) is 4.56. The molecule has 0 spiro atoms. The van der Waals surface area contributed by atoms with Gasteiger partial charge >= 0.3 is 6.18 Å². The summed E-state index contributed by atoms with van der Waals surface area (Å²) in [4.78, 5) is 0. The molecule has 0 aliphatic heterocycles. The molecule has 0 aliphatic carbocycles. The molecule has 102 valence electrons. The Morgan fingerprint density at radius 1 is 1.26 bits per heavy atom. The molecule has 1 aromatic carbocycles. The fourth-order valence-corrected chi connectivity index (χ4v) is 1.54. The van der Waals surface area contributed by atoms with Crippen LogP contribution in [0.3, 0.4) is 0 Å². The summed E-state index contributed by atoms with van der Waals surface area (Å²) in [6.45, 7) is 0.323. The lowest BCUT2D eigenvalue weighted by Crippen LogP contribution is -2.08. The highest BCUT2D eigenvalue weighted by molar-refractivity contribution is 5.38. The average molecular weight is 274 g/mol. The lowest BCUT2D eigenvalue weighted by atomic mass is 10.2. The van der Waals surface area contributed by atoms with Crippen molar-refractivity contribution in [1.29, 1.82) is 0 Å². The molecule has 0 fully saturated rings. The van der Waals surface area contributed by atoms with Crippen LogP contribution in [0.15, 0.2) is 24.4 Å². The van der Waals surface area contributed by atoms with Crippen LogP contribution in [0.5, 0.6) is 0 Å². The molecule has 0 amide bonds. The number of alkyl halides is 3. The molecule has 4 nitrogen and oxygen atoms in total. The Balaban J connectivity index is 2.42. The van der Waals surface area contributed by atoms with Gasteiger partial charge in [0.2, 0.25) is 0 Å². The standard InChI is InChI=1S/C11H10F4N4/c12-9-2-1-7(11(13,14)15)5-10(9)19-6-8(3-4-16)17-18-19/h1-2,5-6H,3-4,16H2. The van der Waals surface area contributed by atoms with Crippen molar-refractivity contribution in [2.45, 2.75) is 12.6 Å². The molecular formula is C11H10F4N4. The first-order chi connectivity index (χ1) is 8.91. The third-order valence-corrected chi connectivity index (χ3v) is 2.46. The van der Waals surface area contributed by atoms with Crippen molar-refractivity contribution < 1.29 is 17.6 Å². The van der Waals surface area contributed by atoms with E-state index < -0.39 is 17.6 Å². The molecule has 1 heterocycles. The van der Waals surface area contributed by atoms with Gasteiger partial charge in [0.25, 0.3) is 0 Å². The smallest absolute Gasteiger partial charge is 0.330 e.